The maximum atomic E-state index is 13.4. The van der Waals surface area contributed by atoms with Crippen LogP contribution in [0.25, 0.3) is 22.0 Å². The Hall–Kier alpha value is -4.62. The first-order valence-electron chi connectivity index (χ1n) is 12.6. The lowest BCUT2D eigenvalue weighted by atomic mass is 10.1. The highest BCUT2D eigenvalue weighted by Crippen LogP contribution is 2.32. The molecule has 0 radical (unpaired) electrons. The minimum absolute atomic E-state index is 0.220. The van der Waals surface area contributed by atoms with Crippen LogP contribution in [0.2, 0.25) is 5.02 Å². The van der Waals surface area contributed by atoms with Crippen LogP contribution in [0, 0.1) is 5.82 Å². The monoisotopic (exact) mass is 537 g/mol. The highest BCUT2D eigenvalue weighted by molar-refractivity contribution is 6.32. The van der Waals surface area contributed by atoms with Gasteiger partial charge in [0.25, 0.3) is 0 Å². The molecule has 0 amide bonds. The van der Waals surface area contributed by atoms with Crippen LogP contribution in [0.4, 0.5) is 15.9 Å². The van der Waals surface area contributed by atoms with Crippen LogP contribution in [0.5, 0.6) is 5.75 Å². The quantitative estimate of drug-likeness (QED) is 0.205. The third kappa shape index (κ3) is 5.78. The number of hydrogen-bond donors (Lipinski definition) is 1. The Morgan fingerprint density at radius 3 is 2.54 bits per heavy atom. The number of benzene rings is 3. The van der Waals surface area contributed by atoms with Gasteiger partial charge in [-0.15, -0.1) is 0 Å². The summed E-state index contributed by atoms with van der Waals surface area (Å²) >= 11 is 6.50. The Bertz CT molecular complexity index is 1730. The van der Waals surface area contributed by atoms with E-state index in [-0.39, 0.29) is 12.4 Å². The zero-order chi connectivity index (χ0) is 26.6. The van der Waals surface area contributed by atoms with Crippen molar-refractivity contribution in [1.29, 1.82) is 0 Å². The first-order valence-corrected chi connectivity index (χ1v) is 12.9. The highest BCUT2D eigenvalue weighted by atomic mass is 35.5. The molecule has 0 aliphatic heterocycles. The molecule has 194 valence electrons. The van der Waals surface area contributed by atoms with Gasteiger partial charge in [0.15, 0.2) is 0 Å². The number of fused-ring (bicyclic) bond motifs is 1. The topological polar surface area (TPSA) is 56.9 Å². The molecule has 3 aromatic heterocycles. The van der Waals surface area contributed by atoms with E-state index in [9.17, 15) is 4.39 Å². The van der Waals surface area contributed by atoms with Gasteiger partial charge < -0.3 is 19.2 Å². The fraction of sp³-hybridized carbons (Fsp3) is 0.0968. The van der Waals surface area contributed by atoms with E-state index in [2.05, 4.69) is 67.4 Å². The number of aromatic nitrogens is 4. The summed E-state index contributed by atoms with van der Waals surface area (Å²) in [7, 11) is 0. The number of nitrogens with one attached hydrogen (secondary N) is 1. The standard InChI is InChI=1S/C31H25ClFN5O/c32-28-18-26(7-9-30(28)39-20-22-4-3-5-25(33)16-22)36-31-27-17-23(6-8-29(27)34-21-35-31)24-10-13-38(19-24)15-14-37-11-1-2-12-37/h1-13,16-19,21H,14-15,20H2,(H,34,35,36). The Morgan fingerprint density at radius 2 is 1.69 bits per heavy atom. The van der Waals surface area contributed by atoms with Gasteiger partial charge in [-0.25, -0.2) is 14.4 Å². The normalized spacial score (nSPS) is 11.1. The molecule has 6 aromatic rings. The molecule has 0 saturated heterocycles. The first-order chi connectivity index (χ1) is 19.1. The minimum Gasteiger partial charge on any atom is -0.487 e. The van der Waals surface area contributed by atoms with Crippen LogP contribution in [0.3, 0.4) is 0 Å². The summed E-state index contributed by atoms with van der Waals surface area (Å²) in [6.45, 7) is 2.02. The average molecular weight is 538 g/mol. The average Bonchev–Trinajstić information content (AvgIpc) is 3.64. The summed E-state index contributed by atoms with van der Waals surface area (Å²) in [5, 5.41) is 4.71. The lowest BCUT2D eigenvalue weighted by Crippen LogP contribution is -2.03. The van der Waals surface area contributed by atoms with Gasteiger partial charge in [0.05, 0.1) is 10.5 Å². The Morgan fingerprint density at radius 1 is 0.821 bits per heavy atom. The molecule has 3 aromatic carbocycles. The predicted octanol–water partition coefficient (Wildman–Crippen LogP) is 7.72. The fourth-order valence-electron chi connectivity index (χ4n) is 4.46. The van der Waals surface area contributed by atoms with Crippen molar-refractivity contribution in [2.45, 2.75) is 19.7 Å². The second-order valence-corrected chi connectivity index (χ2v) is 9.61. The minimum atomic E-state index is -0.299. The van der Waals surface area contributed by atoms with E-state index in [1.807, 2.05) is 24.3 Å². The van der Waals surface area contributed by atoms with E-state index in [0.29, 0.717) is 16.6 Å². The molecule has 6 nitrogen and oxygen atoms in total. The van der Waals surface area contributed by atoms with Crippen LogP contribution in [0.15, 0.2) is 110 Å². The van der Waals surface area contributed by atoms with Gasteiger partial charge in [-0.3, -0.25) is 0 Å². The van der Waals surface area contributed by atoms with Gasteiger partial charge in [0.1, 0.15) is 30.3 Å². The van der Waals surface area contributed by atoms with Crippen molar-refractivity contribution in [3.05, 3.63) is 126 Å². The molecule has 8 heteroatoms. The summed E-state index contributed by atoms with van der Waals surface area (Å²) in [6.07, 6.45) is 9.94. The largest absolute Gasteiger partial charge is 0.487 e. The lowest BCUT2D eigenvalue weighted by molar-refractivity contribution is 0.306. The number of anilines is 2. The molecule has 0 saturated carbocycles. The number of halogens is 2. The van der Waals surface area contributed by atoms with Crippen LogP contribution < -0.4 is 10.1 Å². The maximum Gasteiger partial charge on any atom is 0.141 e. The van der Waals surface area contributed by atoms with E-state index in [0.717, 1.165) is 46.4 Å². The van der Waals surface area contributed by atoms with Gasteiger partial charge in [0.2, 0.25) is 0 Å². The molecular weight excluding hydrogens is 513 g/mol. The van der Waals surface area contributed by atoms with Crippen molar-refractivity contribution in [1.82, 2.24) is 19.1 Å². The molecule has 1 N–H and O–H groups in total. The van der Waals surface area contributed by atoms with Crippen molar-refractivity contribution < 1.29 is 9.13 Å². The molecule has 0 aliphatic rings. The van der Waals surface area contributed by atoms with Crippen LogP contribution >= 0.6 is 11.6 Å². The summed E-state index contributed by atoms with van der Waals surface area (Å²) in [5.74, 6) is 0.897. The Labute approximate surface area is 230 Å². The number of aryl methyl sites for hydroxylation is 2. The molecule has 0 bridgehead atoms. The number of ether oxygens (including phenoxy) is 1. The number of nitrogens with zero attached hydrogens (tertiary/aromatic N) is 4. The molecule has 6 rings (SSSR count). The van der Waals surface area contributed by atoms with Gasteiger partial charge >= 0.3 is 0 Å². The lowest BCUT2D eigenvalue weighted by Gasteiger charge is -2.12. The number of rotatable bonds is 9. The summed E-state index contributed by atoms with van der Waals surface area (Å²) in [4.78, 5) is 8.94. The van der Waals surface area contributed by atoms with Crippen molar-refractivity contribution in [3.63, 3.8) is 0 Å². The molecule has 0 spiro atoms. The third-order valence-electron chi connectivity index (χ3n) is 6.48. The van der Waals surface area contributed by atoms with Gasteiger partial charge in [-0.1, -0.05) is 29.8 Å². The van der Waals surface area contributed by atoms with Gasteiger partial charge in [0, 0.05) is 49.0 Å². The molecule has 0 atom stereocenters. The van der Waals surface area contributed by atoms with Crippen LogP contribution in [0.1, 0.15) is 5.56 Å². The molecular formula is C31H25ClFN5O. The van der Waals surface area contributed by atoms with Crippen molar-refractivity contribution >= 4 is 34.0 Å². The van der Waals surface area contributed by atoms with E-state index in [4.69, 9.17) is 16.3 Å². The van der Waals surface area contributed by atoms with Crippen LogP contribution in [-0.4, -0.2) is 19.1 Å². The predicted molar refractivity (Wildman–Crippen MR) is 153 cm³/mol. The maximum absolute atomic E-state index is 13.4. The second kappa shape index (κ2) is 11.0. The van der Waals surface area contributed by atoms with Gasteiger partial charge in [-0.05, 0) is 77.4 Å². The van der Waals surface area contributed by atoms with E-state index in [1.165, 1.54) is 12.1 Å². The van der Waals surface area contributed by atoms with Crippen LogP contribution in [-0.2, 0) is 19.7 Å². The molecule has 0 fully saturated rings. The van der Waals surface area contributed by atoms with Crippen molar-refractivity contribution in [3.8, 4) is 16.9 Å². The van der Waals surface area contributed by atoms with E-state index in [1.54, 1.807) is 30.6 Å². The van der Waals surface area contributed by atoms with E-state index >= 15 is 0 Å². The Kier molecular flexibility index (Phi) is 6.97. The zero-order valence-electron chi connectivity index (χ0n) is 21.0. The second-order valence-electron chi connectivity index (χ2n) is 9.20. The Balaban J connectivity index is 1.19. The molecule has 39 heavy (non-hydrogen) atoms. The van der Waals surface area contributed by atoms with Crippen molar-refractivity contribution in [2.24, 2.45) is 0 Å². The first kappa shape index (κ1) is 24.7. The van der Waals surface area contributed by atoms with Crippen molar-refractivity contribution in [2.75, 3.05) is 5.32 Å². The third-order valence-corrected chi connectivity index (χ3v) is 6.78. The summed E-state index contributed by atoms with van der Waals surface area (Å²) < 4.78 is 23.6. The summed E-state index contributed by atoms with van der Waals surface area (Å²) in [5.41, 5.74) is 4.54. The summed E-state index contributed by atoms with van der Waals surface area (Å²) in [6, 6.07) is 24.1. The van der Waals surface area contributed by atoms with E-state index < -0.39 is 0 Å². The molecule has 0 aliphatic carbocycles. The highest BCUT2D eigenvalue weighted by Gasteiger charge is 2.10. The zero-order valence-corrected chi connectivity index (χ0v) is 21.7. The van der Waals surface area contributed by atoms with Gasteiger partial charge in [-0.2, -0.15) is 0 Å². The molecule has 0 unspecified atom stereocenters. The molecule has 3 heterocycles. The number of hydrogen-bond acceptors (Lipinski definition) is 4. The SMILES string of the molecule is Fc1cccc(COc2ccc(Nc3ncnc4ccc(-c5ccn(CCn6cccc6)c5)cc34)cc2Cl)c1. The smallest absolute Gasteiger partial charge is 0.141 e. The fourth-order valence-corrected chi connectivity index (χ4v) is 4.69.